The summed E-state index contributed by atoms with van der Waals surface area (Å²) in [5, 5.41) is 0. The summed E-state index contributed by atoms with van der Waals surface area (Å²) in [6.07, 6.45) is 3.74. The number of nitrogens with zero attached hydrogens (tertiary/aromatic N) is 1. The zero-order valence-electron chi connectivity index (χ0n) is 9.76. The van der Waals surface area contributed by atoms with Gasteiger partial charge in [0.1, 0.15) is 5.60 Å². The van der Waals surface area contributed by atoms with E-state index in [1.54, 1.807) is 6.08 Å². The second-order valence-electron chi connectivity index (χ2n) is 5.46. The van der Waals surface area contributed by atoms with Crippen LogP contribution in [0.25, 0.3) is 0 Å². The molecule has 1 rings (SSSR count). The second kappa shape index (κ2) is 3.76. The van der Waals surface area contributed by atoms with E-state index in [1.807, 2.05) is 0 Å². The van der Waals surface area contributed by atoms with Gasteiger partial charge in [-0.25, -0.2) is 0 Å². The van der Waals surface area contributed by atoms with Gasteiger partial charge < -0.3 is 4.74 Å². The highest BCUT2D eigenvalue weighted by Gasteiger charge is 2.34. The predicted molar refractivity (Wildman–Crippen MR) is 60.7 cm³/mol. The van der Waals surface area contributed by atoms with Crippen molar-refractivity contribution in [3.05, 3.63) is 12.7 Å². The third-order valence-corrected chi connectivity index (χ3v) is 2.34. The number of hydrogen-bond donors (Lipinski definition) is 0. The Morgan fingerprint density at radius 1 is 1.57 bits per heavy atom. The van der Waals surface area contributed by atoms with Crippen LogP contribution in [-0.2, 0) is 4.74 Å². The van der Waals surface area contributed by atoms with Gasteiger partial charge in [-0.3, -0.25) is 4.99 Å². The summed E-state index contributed by atoms with van der Waals surface area (Å²) in [5.41, 5.74) is 0.224. The van der Waals surface area contributed by atoms with Crippen molar-refractivity contribution in [2.45, 2.75) is 46.1 Å². The fourth-order valence-corrected chi connectivity index (χ4v) is 2.09. The van der Waals surface area contributed by atoms with Crippen LogP contribution in [0.3, 0.4) is 0 Å². The van der Waals surface area contributed by atoms with E-state index in [1.165, 1.54) is 0 Å². The van der Waals surface area contributed by atoms with E-state index in [2.05, 4.69) is 39.3 Å². The molecule has 0 radical (unpaired) electrons. The number of aliphatic imine (C=N–C) groups is 1. The van der Waals surface area contributed by atoms with Gasteiger partial charge in [-0.2, -0.15) is 0 Å². The molecule has 0 saturated heterocycles. The third kappa shape index (κ3) is 3.17. The smallest absolute Gasteiger partial charge is 0.208 e. The fourth-order valence-electron chi connectivity index (χ4n) is 2.09. The van der Waals surface area contributed by atoms with E-state index in [0.29, 0.717) is 11.3 Å². The molecule has 2 nitrogen and oxygen atoms in total. The van der Waals surface area contributed by atoms with Gasteiger partial charge in [-0.1, -0.05) is 27.4 Å². The van der Waals surface area contributed by atoms with Gasteiger partial charge in [0.05, 0.1) is 0 Å². The molecular formula is C12H21NO. The molecule has 14 heavy (non-hydrogen) atoms. The monoisotopic (exact) mass is 195 g/mol. The molecular weight excluding hydrogens is 174 g/mol. The maximum Gasteiger partial charge on any atom is 0.208 e. The first-order valence-corrected chi connectivity index (χ1v) is 5.21. The molecule has 0 aromatic heterocycles. The standard InChI is InChI=1S/C12H21NO/c1-6-10-13-8-7-12(5,14-10)9-11(2,3)4/h6H,1,7-9H2,2-5H3. The van der Waals surface area contributed by atoms with Gasteiger partial charge >= 0.3 is 0 Å². The Labute approximate surface area is 87.1 Å². The van der Waals surface area contributed by atoms with Crippen LogP contribution in [-0.4, -0.2) is 18.0 Å². The van der Waals surface area contributed by atoms with Crippen LogP contribution in [0.2, 0.25) is 0 Å². The van der Waals surface area contributed by atoms with Crippen molar-refractivity contribution in [1.29, 1.82) is 0 Å². The lowest BCUT2D eigenvalue weighted by Crippen LogP contribution is -2.38. The number of hydrogen-bond acceptors (Lipinski definition) is 2. The van der Waals surface area contributed by atoms with Crippen LogP contribution in [0.1, 0.15) is 40.5 Å². The molecule has 0 aromatic carbocycles. The molecule has 0 amide bonds. The second-order valence-corrected chi connectivity index (χ2v) is 5.46. The van der Waals surface area contributed by atoms with Crippen molar-refractivity contribution in [2.75, 3.05) is 6.54 Å². The normalized spacial score (nSPS) is 27.9. The van der Waals surface area contributed by atoms with Crippen LogP contribution in [0, 0.1) is 5.41 Å². The minimum atomic E-state index is -0.0659. The maximum absolute atomic E-state index is 5.83. The molecule has 1 aliphatic rings. The Kier molecular flexibility index (Phi) is 3.03. The van der Waals surface area contributed by atoms with E-state index in [0.717, 1.165) is 19.4 Å². The Morgan fingerprint density at radius 3 is 2.71 bits per heavy atom. The van der Waals surface area contributed by atoms with Crippen molar-refractivity contribution in [1.82, 2.24) is 0 Å². The number of ether oxygens (including phenoxy) is 1. The molecule has 1 unspecified atom stereocenters. The van der Waals surface area contributed by atoms with Crippen LogP contribution in [0.4, 0.5) is 0 Å². The first-order valence-electron chi connectivity index (χ1n) is 5.21. The van der Waals surface area contributed by atoms with Gasteiger partial charge in [-0.15, -0.1) is 0 Å². The summed E-state index contributed by atoms with van der Waals surface area (Å²) in [5.74, 6) is 0.697. The van der Waals surface area contributed by atoms with Crippen molar-refractivity contribution in [3.63, 3.8) is 0 Å². The topological polar surface area (TPSA) is 21.6 Å². The average molecular weight is 195 g/mol. The van der Waals surface area contributed by atoms with Gasteiger partial charge in [0.2, 0.25) is 5.90 Å². The lowest BCUT2D eigenvalue weighted by molar-refractivity contribution is 0.0192. The Hall–Kier alpha value is -0.790. The van der Waals surface area contributed by atoms with E-state index in [4.69, 9.17) is 4.74 Å². The quantitative estimate of drug-likeness (QED) is 0.663. The summed E-state index contributed by atoms with van der Waals surface area (Å²) in [6.45, 7) is 13.4. The van der Waals surface area contributed by atoms with Crippen molar-refractivity contribution < 1.29 is 4.74 Å². The highest BCUT2D eigenvalue weighted by molar-refractivity contribution is 5.87. The predicted octanol–water partition coefficient (Wildman–Crippen LogP) is 3.19. The summed E-state index contributed by atoms with van der Waals surface area (Å²) in [4.78, 5) is 4.25. The van der Waals surface area contributed by atoms with Gasteiger partial charge in [-0.05, 0) is 24.8 Å². The molecule has 1 heterocycles. The zero-order chi connectivity index (χ0) is 10.8. The maximum atomic E-state index is 5.83. The van der Waals surface area contributed by atoms with Crippen molar-refractivity contribution in [3.8, 4) is 0 Å². The van der Waals surface area contributed by atoms with Crippen molar-refractivity contribution >= 4 is 5.90 Å². The Bertz CT molecular complexity index is 250. The van der Waals surface area contributed by atoms with Gasteiger partial charge in [0.15, 0.2) is 0 Å². The highest BCUT2D eigenvalue weighted by Crippen LogP contribution is 2.34. The third-order valence-electron chi connectivity index (χ3n) is 2.34. The van der Waals surface area contributed by atoms with Crippen LogP contribution in [0.15, 0.2) is 17.6 Å². The molecule has 0 spiro atoms. The van der Waals surface area contributed by atoms with Crippen LogP contribution >= 0.6 is 0 Å². The molecule has 80 valence electrons. The van der Waals surface area contributed by atoms with E-state index in [-0.39, 0.29) is 5.60 Å². The first kappa shape index (κ1) is 11.3. The SMILES string of the molecule is C=CC1=NCCC(C)(CC(C)(C)C)O1. The zero-order valence-corrected chi connectivity index (χ0v) is 9.76. The first-order chi connectivity index (χ1) is 6.35. The Balaban J connectivity index is 2.68. The molecule has 0 aliphatic carbocycles. The molecule has 0 bridgehead atoms. The molecule has 1 atom stereocenters. The van der Waals surface area contributed by atoms with E-state index >= 15 is 0 Å². The molecule has 0 fully saturated rings. The van der Waals surface area contributed by atoms with Gasteiger partial charge in [0, 0.05) is 13.0 Å². The fraction of sp³-hybridized carbons (Fsp3) is 0.750. The van der Waals surface area contributed by atoms with E-state index < -0.39 is 0 Å². The molecule has 2 heteroatoms. The summed E-state index contributed by atoms with van der Waals surface area (Å²) < 4.78 is 5.83. The summed E-state index contributed by atoms with van der Waals surface area (Å²) in [6, 6.07) is 0. The summed E-state index contributed by atoms with van der Waals surface area (Å²) in [7, 11) is 0. The minimum absolute atomic E-state index is 0.0659. The molecule has 0 N–H and O–H groups in total. The highest BCUT2D eigenvalue weighted by atomic mass is 16.5. The lowest BCUT2D eigenvalue weighted by Gasteiger charge is -2.37. The van der Waals surface area contributed by atoms with Gasteiger partial charge in [0.25, 0.3) is 0 Å². The minimum Gasteiger partial charge on any atom is -0.472 e. The lowest BCUT2D eigenvalue weighted by atomic mass is 9.81. The van der Waals surface area contributed by atoms with Crippen LogP contribution < -0.4 is 0 Å². The van der Waals surface area contributed by atoms with E-state index in [9.17, 15) is 0 Å². The number of rotatable bonds is 2. The largest absolute Gasteiger partial charge is 0.472 e. The van der Waals surface area contributed by atoms with Crippen LogP contribution in [0.5, 0.6) is 0 Å². The Morgan fingerprint density at radius 2 is 2.21 bits per heavy atom. The van der Waals surface area contributed by atoms with Crippen molar-refractivity contribution in [2.24, 2.45) is 10.4 Å². The molecule has 0 aromatic rings. The average Bonchev–Trinajstić information content (AvgIpc) is 1.99. The summed E-state index contributed by atoms with van der Waals surface area (Å²) >= 11 is 0. The molecule has 0 saturated carbocycles. The molecule has 1 aliphatic heterocycles.